The molecule has 4 heteroatoms. The van der Waals surface area contributed by atoms with Crippen molar-refractivity contribution in [2.45, 2.75) is 6.54 Å². The smallest absolute Gasteiger partial charge is 0.0609 e. The van der Waals surface area contributed by atoms with Crippen LogP contribution in [0.5, 0.6) is 0 Å². The van der Waals surface area contributed by atoms with E-state index in [0.717, 1.165) is 11.1 Å². The number of hydrogen-bond donors (Lipinski definition) is 1. The van der Waals surface area contributed by atoms with E-state index < -0.39 is 0 Å². The zero-order valence-corrected chi connectivity index (χ0v) is 13.3. The Bertz CT molecular complexity index is 803. The highest BCUT2D eigenvalue weighted by Crippen LogP contribution is 2.23. The molecule has 3 aromatic rings. The van der Waals surface area contributed by atoms with Gasteiger partial charge in [-0.1, -0.05) is 71.7 Å². The molecule has 0 heterocycles. The first-order valence-electron chi connectivity index (χ1n) is 6.92. The molecule has 0 spiro atoms. The molecule has 0 aromatic heterocycles. The molecule has 0 saturated carbocycles. The Morgan fingerprint density at radius 3 is 2.36 bits per heavy atom. The summed E-state index contributed by atoms with van der Waals surface area (Å²) < 4.78 is 0. The lowest BCUT2D eigenvalue weighted by molar-refractivity contribution is 0.748. The molecule has 0 aliphatic carbocycles. The summed E-state index contributed by atoms with van der Waals surface area (Å²) in [7, 11) is 0. The van der Waals surface area contributed by atoms with E-state index in [0.29, 0.717) is 16.6 Å². The topological polar surface area (TPSA) is 24.4 Å². The van der Waals surface area contributed by atoms with E-state index in [4.69, 9.17) is 23.2 Å². The molecule has 1 N–H and O–H groups in total. The molecule has 0 bridgehead atoms. The van der Waals surface area contributed by atoms with Gasteiger partial charge in [0, 0.05) is 21.2 Å². The molecule has 3 rings (SSSR count). The van der Waals surface area contributed by atoms with Gasteiger partial charge in [0.1, 0.15) is 0 Å². The number of hydrogen-bond acceptors (Lipinski definition) is 2. The predicted octanol–water partition coefficient (Wildman–Crippen LogP) is 5.27. The molecule has 0 fully saturated rings. The third-order valence-electron chi connectivity index (χ3n) is 3.44. The molecular weight excluding hydrogens is 315 g/mol. The average molecular weight is 329 g/mol. The van der Waals surface area contributed by atoms with Crippen molar-refractivity contribution < 1.29 is 0 Å². The van der Waals surface area contributed by atoms with Gasteiger partial charge in [-0.25, -0.2) is 0 Å². The Labute approximate surface area is 139 Å². The van der Waals surface area contributed by atoms with Gasteiger partial charge in [0.15, 0.2) is 0 Å². The van der Waals surface area contributed by atoms with Gasteiger partial charge in [-0.05, 0) is 22.9 Å². The summed E-state index contributed by atoms with van der Waals surface area (Å²) in [5.41, 5.74) is 4.91. The Balaban J connectivity index is 1.75. The van der Waals surface area contributed by atoms with Gasteiger partial charge >= 0.3 is 0 Å². The van der Waals surface area contributed by atoms with Crippen LogP contribution in [0.1, 0.15) is 11.1 Å². The third kappa shape index (κ3) is 3.24. The molecule has 0 atom stereocenters. The maximum absolute atomic E-state index is 6.13. The maximum atomic E-state index is 6.13. The van der Waals surface area contributed by atoms with Gasteiger partial charge in [0.25, 0.3) is 0 Å². The van der Waals surface area contributed by atoms with Crippen LogP contribution in [0.2, 0.25) is 10.0 Å². The molecule has 3 aromatic carbocycles. The Hall–Kier alpha value is -2.03. The number of nitrogens with one attached hydrogen (secondary N) is 1. The molecular formula is C18H14Cl2N2. The molecule has 0 aliphatic rings. The summed E-state index contributed by atoms with van der Waals surface area (Å²) in [6.45, 7) is 0.486. The number of rotatable bonds is 4. The molecule has 0 amide bonds. The lowest BCUT2D eigenvalue weighted by Crippen LogP contribution is -2.06. The van der Waals surface area contributed by atoms with Crippen LogP contribution in [0, 0.1) is 0 Å². The van der Waals surface area contributed by atoms with Crippen LogP contribution < -0.4 is 5.43 Å². The van der Waals surface area contributed by atoms with Gasteiger partial charge in [-0.2, -0.15) is 5.10 Å². The van der Waals surface area contributed by atoms with Crippen molar-refractivity contribution in [2.75, 3.05) is 0 Å². The van der Waals surface area contributed by atoms with E-state index in [-0.39, 0.29) is 0 Å². The number of halogens is 2. The van der Waals surface area contributed by atoms with Crippen LogP contribution in [-0.2, 0) is 6.54 Å². The van der Waals surface area contributed by atoms with Gasteiger partial charge < -0.3 is 5.43 Å². The van der Waals surface area contributed by atoms with Crippen molar-refractivity contribution in [3.05, 3.63) is 81.8 Å². The van der Waals surface area contributed by atoms with Crippen molar-refractivity contribution in [2.24, 2.45) is 5.10 Å². The van der Waals surface area contributed by atoms with Crippen molar-refractivity contribution in [1.29, 1.82) is 0 Å². The van der Waals surface area contributed by atoms with Crippen molar-refractivity contribution in [1.82, 2.24) is 5.43 Å². The fourth-order valence-corrected chi connectivity index (χ4v) is 2.84. The van der Waals surface area contributed by atoms with Crippen LogP contribution in [0.4, 0.5) is 0 Å². The van der Waals surface area contributed by atoms with E-state index in [2.05, 4.69) is 28.7 Å². The predicted molar refractivity (Wildman–Crippen MR) is 94.8 cm³/mol. The van der Waals surface area contributed by atoms with Crippen LogP contribution in [0.15, 0.2) is 65.8 Å². The minimum absolute atomic E-state index is 0.486. The highest BCUT2D eigenvalue weighted by atomic mass is 35.5. The second-order valence-electron chi connectivity index (χ2n) is 4.86. The minimum atomic E-state index is 0.486. The third-order valence-corrected chi connectivity index (χ3v) is 4.14. The highest BCUT2D eigenvalue weighted by Gasteiger charge is 2.03. The Kier molecular flexibility index (Phi) is 4.62. The van der Waals surface area contributed by atoms with E-state index in [1.165, 1.54) is 10.8 Å². The molecule has 110 valence electrons. The summed E-state index contributed by atoms with van der Waals surface area (Å²) in [6, 6.07) is 19.8. The average Bonchev–Trinajstić information content (AvgIpc) is 2.54. The van der Waals surface area contributed by atoms with Crippen molar-refractivity contribution in [3.8, 4) is 0 Å². The molecule has 0 aliphatic heterocycles. The van der Waals surface area contributed by atoms with Gasteiger partial charge in [-0.3, -0.25) is 0 Å². The summed E-state index contributed by atoms with van der Waals surface area (Å²) >= 11 is 12.3. The standard InChI is InChI=1S/C18H14Cl2N2/c19-17-9-4-10-18(20)16(17)12-22-21-11-14-7-3-6-13-5-1-2-8-15(13)14/h1-11,22H,12H2/b21-11+. The maximum Gasteiger partial charge on any atom is 0.0609 e. The minimum Gasteiger partial charge on any atom is -0.306 e. The zero-order valence-electron chi connectivity index (χ0n) is 11.8. The number of hydrazone groups is 1. The first-order valence-corrected chi connectivity index (χ1v) is 7.68. The zero-order chi connectivity index (χ0) is 15.4. The summed E-state index contributed by atoms with van der Waals surface area (Å²) in [6.07, 6.45) is 1.81. The highest BCUT2D eigenvalue weighted by molar-refractivity contribution is 6.35. The first kappa shape index (κ1) is 14.9. The van der Waals surface area contributed by atoms with Crippen LogP contribution in [0.3, 0.4) is 0 Å². The Morgan fingerprint density at radius 2 is 1.55 bits per heavy atom. The SMILES string of the molecule is Clc1cccc(Cl)c1CN/N=C/c1cccc2ccccc12. The molecule has 0 unspecified atom stereocenters. The quantitative estimate of drug-likeness (QED) is 0.512. The normalized spacial score (nSPS) is 11.2. The summed E-state index contributed by atoms with van der Waals surface area (Å²) in [4.78, 5) is 0. The lowest BCUT2D eigenvalue weighted by Gasteiger charge is -2.06. The fraction of sp³-hybridized carbons (Fsp3) is 0.0556. The van der Waals surface area contributed by atoms with Crippen molar-refractivity contribution in [3.63, 3.8) is 0 Å². The molecule has 22 heavy (non-hydrogen) atoms. The second kappa shape index (κ2) is 6.82. The summed E-state index contributed by atoms with van der Waals surface area (Å²) in [5.74, 6) is 0. The van der Waals surface area contributed by atoms with Crippen LogP contribution in [-0.4, -0.2) is 6.21 Å². The van der Waals surface area contributed by atoms with E-state index in [1.807, 2.05) is 48.7 Å². The largest absolute Gasteiger partial charge is 0.306 e. The second-order valence-corrected chi connectivity index (χ2v) is 5.68. The molecule has 0 saturated heterocycles. The fourth-order valence-electron chi connectivity index (χ4n) is 2.30. The van der Waals surface area contributed by atoms with Gasteiger partial charge in [-0.15, -0.1) is 0 Å². The number of fused-ring (bicyclic) bond motifs is 1. The van der Waals surface area contributed by atoms with Crippen molar-refractivity contribution >= 4 is 40.2 Å². The number of benzene rings is 3. The van der Waals surface area contributed by atoms with E-state index in [1.54, 1.807) is 0 Å². The molecule has 0 radical (unpaired) electrons. The van der Waals surface area contributed by atoms with Crippen LogP contribution in [0.25, 0.3) is 10.8 Å². The summed E-state index contributed by atoms with van der Waals surface area (Å²) in [5, 5.41) is 7.92. The van der Waals surface area contributed by atoms with Crippen LogP contribution >= 0.6 is 23.2 Å². The lowest BCUT2D eigenvalue weighted by atomic mass is 10.1. The Morgan fingerprint density at radius 1 is 0.864 bits per heavy atom. The number of nitrogens with zero attached hydrogens (tertiary/aromatic N) is 1. The van der Waals surface area contributed by atoms with Gasteiger partial charge in [0.05, 0.1) is 12.8 Å². The van der Waals surface area contributed by atoms with Gasteiger partial charge in [0.2, 0.25) is 0 Å². The molecule has 2 nitrogen and oxygen atoms in total. The van der Waals surface area contributed by atoms with E-state index in [9.17, 15) is 0 Å². The monoisotopic (exact) mass is 328 g/mol. The first-order chi connectivity index (χ1) is 10.8. The van der Waals surface area contributed by atoms with E-state index >= 15 is 0 Å².